The number of alkyl halides is 3. The number of aromatic amines is 1. The minimum Gasteiger partial charge on any atom is -0.484 e. The second kappa shape index (κ2) is 7.44. The SMILES string of the molecule is O=C(COc1ccccc1)NCC(=O)Nc1n[nH]c(C(F)(F)F)n1. The summed E-state index contributed by atoms with van der Waals surface area (Å²) in [4.78, 5) is 26.1. The molecule has 0 aliphatic heterocycles. The maximum Gasteiger partial charge on any atom is 0.451 e. The zero-order valence-electron chi connectivity index (χ0n) is 12.1. The molecule has 2 aromatic rings. The number of ether oxygens (including phenoxy) is 1. The molecule has 2 amide bonds. The summed E-state index contributed by atoms with van der Waals surface area (Å²) in [6, 6.07) is 8.55. The number of halogens is 3. The van der Waals surface area contributed by atoms with Crippen molar-refractivity contribution in [2.45, 2.75) is 6.18 Å². The molecule has 128 valence electrons. The van der Waals surface area contributed by atoms with Gasteiger partial charge in [0.05, 0.1) is 6.54 Å². The van der Waals surface area contributed by atoms with E-state index in [9.17, 15) is 22.8 Å². The fourth-order valence-electron chi connectivity index (χ4n) is 1.51. The van der Waals surface area contributed by atoms with Gasteiger partial charge in [0.25, 0.3) is 5.91 Å². The van der Waals surface area contributed by atoms with Crippen molar-refractivity contribution >= 4 is 17.8 Å². The van der Waals surface area contributed by atoms with E-state index in [0.29, 0.717) is 5.75 Å². The molecule has 0 bridgehead atoms. The topological polar surface area (TPSA) is 109 Å². The van der Waals surface area contributed by atoms with Crippen molar-refractivity contribution in [1.82, 2.24) is 20.5 Å². The normalized spacial score (nSPS) is 11.0. The van der Waals surface area contributed by atoms with E-state index in [0.717, 1.165) is 0 Å². The molecule has 0 spiro atoms. The Balaban J connectivity index is 1.72. The number of para-hydroxylation sites is 1. The first kappa shape index (κ1) is 17.2. The number of nitrogens with one attached hydrogen (secondary N) is 3. The van der Waals surface area contributed by atoms with Crippen LogP contribution < -0.4 is 15.4 Å². The van der Waals surface area contributed by atoms with Gasteiger partial charge in [0.1, 0.15) is 5.75 Å². The van der Waals surface area contributed by atoms with Gasteiger partial charge in [0, 0.05) is 0 Å². The van der Waals surface area contributed by atoms with Gasteiger partial charge in [-0.1, -0.05) is 18.2 Å². The predicted molar refractivity (Wildman–Crippen MR) is 75.0 cm³/mol. The summed E-state index contributed by atoms with van der Waals surface area (Å²) in [6.45, 7) is -0.775. The molecule has 1 aromatic heterocycles. The fraction of sp³-hybridized carbons (Fsp3) is 0.231. The lowest BCUT2D eigenvalue weighted by atomic mass is 10.3. The number of benzene rings is 1. The molecule has 8 nitrogen and oxygen atoms in total. The first-order chi connectivity index (χ1) is 11.3. The molecule has 0 saturated heterocycles. The van der Waals surface area contributed by atoms with Crippen molar-refractivity contribution in [3.63, 3.8) is 0 Å². The summed E-state index contributed by atoms with van der Waals surface area (Å²) in [6.07, 6.45) is -4.70. The summed E-state index contributed by atoms with van der Waals surface area (Å²) in [7, 11) is 0. The van der Waals surface area contributed by atoms with Gasteiger partial charge in [-0.15, -0.1) is 5.10 Å². The molecule has 24 heavy (non-hydrogen) atoms. The number of hydrogen-bond donors (Lipinski definition) is 3. The second-order valence-corrected chi connectivity index (χ2v) is 4.43. The summed E-state index contributed by atoms with van der Waals surface area (Å²) < 4.78 is 42.1. The minimum absolute atomic E-state index is 0.309. The second-order valence-electron chi connectivity index (χ2n) is 4.43. The van der Waals surface area contributed by atoms with Crippen LogP contribution in [-0.2, 0) is 15.8 Å². The van der Waals surface area contributed by atoms with Gasteiger partial charge in [0.15, 0.2) is 6.61 Å². The van der Waals surface area contributed by atoms with Crippen LogP contribution in [0.4, 0.5) is 19.1 Å². The number of carbonyl (C=O) groups excluding carboxylic acids is 2. The number of nitrogens with zero attached hydrogens (tertiary/aromatic N) is 2. The standard InChI is InChI=1S/C13H12F3N5O3/c14-13(15,16)11-19-12(21-20-11)18-9(22)6-17-10(23)7-24-8-4-2-1-3-5-8/h1-5H,6-7H2,(H,17,23)(H2,18,19,20,21,22). The van der Waals surface area contributed by atoms with Crippen molar-refractivity contribution in [1.29, 1.82) is 0 Å². The molecule has 0 atom stereocenters. The molecule has 11 heteroatoms. The molecule has 1 heterocycles. The predicted octanol–water partition coefficient (Wildman–Crippen LogP) is 0.957. The summed E-state index contributed by atoms with van der Waals surface area (Å²) in [5.74, 6) is -2.74. The van der Waals surface area contributed by atoms with Gasteiger partial charge in [-0.2, -0.15) is 18.2 Å². The Morgan fingerprint density at radius 3 is 2.50 bits per heavy atom. The quantitative estimate of drug-likeness (QED) is 0.724. The Morgan fingerprint density at radius 1 is 1.17 bits per heavy atom. The highest BCUT2D eigenvalue weighted by Crippen LogP contribution is 2.26. The maximum atomic E-state index is 12.3. The number of hydrogen-bond acceptors (Lipinski definition) is 5. The first-order valence-electron chi connectivity index (χ1n) is 6.58. The van der Waals surface area contributed by atoms with Gasteiger partial charge in [0.2, 0.25) is 17.7 Å². The number of aromatic nitrogens is 3. The fourth-order valence-corrected chi connectivity index (χ4v) is 1.51. The highest BCUT2D eigenvalue weighted by Gasteiger charge is 2.35. The molecule has 2 rings (SSSR count). The third-order valence-corrected chi connectivity index (χ3v) is 2.56. The van der Waals surface area contributed by atoms with E-state index < -0.39 is 36.3 Å². The number of anilines is 1. The van der Waals surface area contributed by atoms with E-state index in [1.807, 2.05) is 5.32 Å². The van der Waals surface area contributed by atoms with Crippen molar-refractivity contribution in [3.05, 3.63) is 36.2 Å². The highest BCUT2D eigenvalue weighted by atomic mass is 19.4. The minimum atomic E-state index is -4.70. The summed E-state index contributed by atoms with van der Waals surface area (Å²) in [5.41, 5.74) is 0. The molecule has 0 fully saturated rings. The van der Waals surface area contributed by atoms with Crippen LogP contribution in [0.15, 0.2) is 30.3 Å². The maximum absolute atomic E-state index is 12.3. The van der Waals surface area contributed by atoms with Crippen LogP contribution >= 0.6 is 0 Å². The van der Waals surface area contributed by atoms with E-state index >= 15 is 0 Å². The average molecular weight is 343 g/mol. The molecule has 1 aromatic carbocycles. The van der Waals surface area contributed by atoms with Crippen LogP contribution in [0.1, 0.15) is 5.82 Å². The van der Waals surface area contributed by atoms with Crippen LogP contribution in [0.3, 0.4) is 0 Å². The van der Waals surface area contributed by atoms with Gasteiger partial charge in [-0.05, 0) is 12.1 Å². The van der Waals surface area contributed by atoms with E-state index in [1.165, 1.54) is 0 Å². The van der Waals surface area contributed by atoms with Crippen molar-refractivity contribution in [2.24, 2.45) is 0 Å². The molecular weight excluding hydrogens is 331 g/mol. The number of carbonyl (C=O) groups is 2. The van der Waals surface area contributed by atoms with Crippen molar-refractivity contribution in [2.75, 3.05) is 18.5 Å². The van der Waals surface area contributed by atoms with E-state index in [2.05, 4.69) is 15.4 Å². The Hall–Kier alpha value is -3.11. The number of rotatable bonds is 6. The van der Waals surface area contributed by atoms with Gasteiger partial charge in [-0.3, -0.25) is 20.0 Å². The van der Waals surface area contributed by atoms with Crippen LogP contribution in [0.25, 0.3) is 0 Å². The Kier molecular flexibility index (Phi) is 5.35. The molecule has 3 N–H and O–H groups in total. The van der Waals surface area contributed by atoms with Crippen molar-refractivity contribution < 1.29 is 27.5 Å². The lowest BCUT2D eigenvalue weighted by Gasteiger charge is -2.07. The largest absolute Gasteiger partial charge is 0.484 e. The number of H-pyrrole nitrogens is 1. The number of amides is 2. The molecule has 0 radical (unpaired) electrons. The average Bonchev–Trinajstić information content (AvgIpc) is 3.00. The Labute approximate surface area is 133 Å². The van der Waals surface area contributed by atoms with E-state index in [4.69, 9.17) is 4.74 Å². The van der Waals surface area contributed by atoms with Gasteiger partial charge < -0.3 is 10.1 Å². The lowest BCUT2D eigenvalue weighted by molar-refractivity contribution is -0.144. The molecule has 0 aliphatic carbocycles. The summed E-state index contributed by atoms with van der Waals surface area (Å²) >= 11 is 0. The van der Waals surface area contributed by atoms with Gasteiger partial charge in [-0.25, -0.2) is 0 Å². The molecular formula is C13H12F3N5O3. The van der Waals surface area contributed by atoms with Crippen LogP contribution in [0, 0.1) is 0 Å². The van der Waals surface area contributed by atoms with Gasteiger partial charge >= 0.3 is 6.18 Å². The van der Waals surface area contributed by atoms with Crippen LogP contribution in [0.5, 0.6) is 5.75 Å². The third-order valence-electron chi connectivity index (χ3n) is 2.56. The van der Waals surface area contributed by atoms with E-state index in [1.54, 1.807) is 35.4 Å². The Morgan fingerprint density at radius 2 is 1.88 bits per heavy atom. The molecule has 0 unspecified atom stereocenters. The van der Waals surface area contributed by atoms with Crippen LogP contribution in [0.2, 0.25) is 0 Å². The van der Waals surface area contributed by atoms with Crippen molar-refractivity contribution in [3.8, 4) is 5.75 Å². The van der Waals surface area contributed by atoms with E-state index in [-0.39, 0.29) is 6.61 Å². The third kappa shape index (κ3) is 5.26. The monoisotopic (exact) mass is 343 g/mol. The summed E-state index contributed by atoms with van der Waals surface area (Å²) in [5, 5.41) is 9.11. The molecule has 0 aliphatic rings. The lowest BCUT2D eigenvalue weighted by Crippen LogP contribution is -2.36. The zero-order valence-corrected chi connectivity index (χ0v) is 12.1. The first-order valence-corrected chi connectivity index (χ1v) is 6.58. The van der Waals surface area contributed by atoms with Crippen LogP contribution in [-0.4, -0.2) is 40.1 Å². The highest BCUT2D eigenvalue weighted by molar-refractivity contribution is 5.93. The molecule has 0 saturated carbocycles. The smallest absolute Gasteiger partial charge is 0.451 e. The Bertz CT molecular complexity index is 702. The zero-order chi connectivity index (χ0) is 17.6.